The number of hydrogen-bond acceptors (Lipinski definition) is 3. The first-order chi connectivity index (χ1) is 16.8. The summed E-state index contributed by atoms with van der Waals surface area (Å²) in [6.45, 7) is 1.63. The molecule has 1 amide bonds. The Morgan fingerprint density at radius 3 is 2.18 bits per heavy atom. The lowest BCUT2D eigenvalue weighted by Gasteiger charge is -2.10. The van der Waals surface area contributed by atoms with Crippen molar-refractivity contribution in [3.05, 3.63) is 120 Å². The summed E-state index contributed by atoms with van der Waals surface area (Å²) < 4.78 is 11.8. The van der Waals surface area contributed by atoms with Crippen molar-refractivity contribution in [1.82, 2.24) is 5.32 Å². The highest BCUT2D eigenvalue weighted by Gasteiger charge is 2.05. The Labute approximate surface area is 201 Å². The van der Waals surface area contributed by atoms with E-state index in [0.717, 1.165) is 29.7 Å². The van der Waals surface area contributed by atoms with Gasteiger partial charge in [-0.05, 0) is 59.9 Å². The molecule has 0 aliphatic heterocycles. The highest BCUT2D eigenvalue weighted by Crippen LogP contribution is 2.23. The van der Waals surface area contributed by atoms with E-state index in [-0.39, 0.29) is 5.91 Å². The standard InChI is InChI=1S/C30H28NO3/c32-30(26-14-5-2-6-15-26)31-23-24-11-9-17-28(21-24)33-19-7-8-20-34-29-18-10-16-27(22-29)25-12-3-1-4-13-25/h1-6,9-18,22H,7-8,19-20,23H2,(H,31,32). The number of ether oxygens (including phenoxy) is 2. The van der Waals surface area contributed by atoms with Gasteiger partial charge in [-0.1, -0.05) is 72.8 Å². The van der Waals surface area contributed by atoms with Crippen LogP contribution in [0.3, 0.4) is 0 Å². The van der Waals surface area contributed by atoms with Crippen LogP contribution in [0.15, 0.2) is 103 Å². The molecule has 4 heteroatoms. The quantitative estimate of drug-likeness (QED) is 0.272. The molecule has 0 aliphatic rings. The SMILES string of the molecule is O=C(NCc1[c]c(OCCCCOc2cccc(-c3ccccc3)c2)ccc1)c1ccccc1. The summed E-state index contributed by atoms with van der Waals surface area (Å²) in [6.07, 6.45) is 1.77. The Balaban J connectivity index is 1.16. The minimum absolute atomic E-state index is 0.102. The molecule has 0 bridgehead atoms. The molecular formula is C30H28NO3. The summed E-state index contributed by atoms with van der Waals surface area (Å²) in [5, 5.41) is 2.91. The molecule has 4 aromatic carbocycles. The average molecular weight is 451 g/mol. The van der Waals surface area contributed by atoms with E-state index in [2.05, 4.69) is 35.6 Å². The number of benzene rings is 4. The van der Waals surface area contributed by atoms with Crippen molar-refractivity contribution >= 4 is 5.91 Å². The third-order valence-corrected chi connectivity index (χ3v) is 5.31. The van der Waals surface area contributed by atoms with Gasteiger partial charge < -0.3 is 14.8 Å². The highest BCUT2D eigenvalue weighted by molar-refractivity contribution is 5.94. The van der Waals surface area contributed by atoms with Crippen molar-refractivity contribution in [2.24, 2.45) is 0 Å². The number of carbonyl (C=O) groups excluding carboxylic acids is 1. The van der Waals surface area contributed by atoms with Crippen LogP contribution in [-0.4, -0.2) is 19.1 Å². The summed E-state index contributed by atoms with van der Waals surface area (Å²) in [4.78, 5) is 12.2. The first kappa shape index (κ1) is 23.1. The first-order valence-corrected chi connectivity index (χ1v) is 11.5. The van der Waals surface area contributed by atoms with Crippen LogP contribution in [0, 0.1) is 6.07 Å². The molecular weight excluding hydrogens is 422 g/mol. The third kappa shape index (κ3) is 6.97. The van der Waals surface area contributed by atoms with E-state index < -0.39 is 0 Å². The number of unbranched alkanes of at least 4 members (excludes halogenated alkanes) is 1. The lowest BCUT2D eigenvalue weighted by molar-refractivity contribution is 0.0951. The molecule has 4 aromatic rings. The fourth-order valence-corrected chi connectivity index (χ4v) is 3.52. The molecule has 4 rings (SSSR count). The van der Waals surface area contributed by atoms with Crippen molar-refractivity contribution in [3.63, 3.8) is 0 Å². The summed E-state index contributed by atoms with van der Waals surface area (Å²) in [6, 6.07) is 36.6. The van der Waals surface area contributed by atoms with E-state index >= 15 is 0 Å². The lowest BCUT2D eigenvalue weighted by atomic mass is 10.1. The molecule has 0 spiro atoms. The van der Waals surface area contributed by atoms with Crippen LogP contribution in [-0.2, 0) is 6.54 Å². The van der Waals surface area contributed by atoms with E-state index in [1.807, 2.05) is 66.7 Å². The van der Waals surface area contributed by atoms with Gasteiger partial charge >= 0.3 is 0 Å². The zero-order valence-electron chi connectivity index (χ0n) is 19.1. The van der Waals surface area contributed by atoms with Gasteiger partial charge in [0.05, 0.1) is 13.2 Å². The first-order valence-electron chi connectivity index (χ1n) is 11.5. The van der Waals surface area contributed by atoms with Crippen LogP contribution in [0.25, 0.3) is 11.1 Å². The maximum absolute atomic E-state index is 12.2. The maximum Gasteiger partial charge on any atom is 0.251 e. The van der Waals surface area contributed by atoms with Crippen molar-refractivity contribution in [2.45, 2.75) is 19.4 Å². The number of carbonyl (C=O) groups is 1. The fourth-order valence-electron chi connectivity index (χ4n) is 3.52. The molecule has 0 atom stereocenters. The normalized spacial score (nSPS) is 10.5. The van der Waals surface area contributed by atoms with Crippen LogP contribution in [0.5, 0.6) is 11.5 Å². The van der Waals surface area contributed by atoms with Gasteiger partial charge in [0.25, 0.3) is 5.91 Å². The van der Waals surface area contributed by atoms with Crippen LogP contribution in [0.4, 0.5) is 0 Å². The maximum atomic E-state index is 12.2. The van der Waals surface area contributed by atoms with Gasteiger partial charge in [-0.3, -0.25) is 4.79 Å². The van der Waals surface area contributed by atoms with Crippen LogP contribution >= 0.6 is 0 Å². The second kappa shape index (κ2) is 12.3. The minimum atomic E-state index is -0.102. The van der Waals surface area contributed by atoms with Crippen LogP contribution in [0.2, 0.25) is 0 Å². The molecule has 0 aromatic heterocycles. The zero-order valence-corrected chi connectivity index (χ0v) is 19.1. The van der Waals surface area contributed by atoms with Gasteiger partial charge in [0.15, 0.2) is 0 Å². The Bertz CT molecular complexity index is 1180. The van der Waals surface area contributed by atoms with Crippen LogP contribution in [0.1, 0.15) is 28.8 Å². The third-order valence-electron chi connectivity index (χ3n) is 5.31. The number of hydrogen-bond donors (Lipinski definition) is 1. The Morgan fingerprint density at radius 2 is 1.38 bits per heavy atom. The Morgan fingerprint density at radius 1 is 0.706 bits per heavy atom. The molecule has 1 radical (unpaired) electrons. The molecule has 34 heavy (non-hydrogen) atoms. The monoisotopic (exact) mass is 450 g/mol. The van der Waals surface area contributed by atoms with Crippen molar-refractivity contribution in [3.8, 4) is 22.6 Å². The van der Waals surface area contributed by atoms with E-state index in [4.69, 9.17) is 9.47 Å². The highest BCUT2D eigenvalue weighted by atomic mass is 16.5. The van der Waals surface area contributed by atoms with E-state index in [9.17, 15) is 4.79 Å². The summed E-state index contributed by atoms with van der Waals surface area (Å²) in [5.74, 6) is 1.46. The van der Waals surface area contributed by atoms with E-state index in [1.165, 1.54) is 5.56 Å². The summed E-state index contributed by atoms with van der Waals surface area (Å²) in [7, 11) is 0. The molecule has 0 aliphatic carbocycles. The van der Waals surface area contributed by atoms with Crippen LogP contribution < -0.4 is 14.8 Å². The average Bonchev–Trinajstić information content (AvgIpc) is 2.91. The van der Waals surface area contributed by atoms with Gasteiger partial charge in [0, 0.05) is 18.2 Å². The largest absolute Gasteiger partial charge is 0.494 e. The second-order valence-corrected chi connectivity index (χ2v) is 7.89. The zero-order chi connectivity index (χ0) is 23.4. The Hall–Kier alpha value is -4.05. The molecule has 0 fully saturated rings. The van der Waals surface area contributed by atoms with Crippen molar-refractivity contribution < 1.29 is 14.3 Å². The smallest absolute Gasteiger partial charge is 0.251 e. The minimum Gasteiger partial charge on any atom is -0.494 e. The van der Waals surface area contributed by atoms with Crippen molar-refractivity contribution in [1.29, 1.82) is 0 Å². The van der Waals surface area contributed by atoms with E-state index in [1.54, 1.807) is 12.1 Å². The Kier molecular flexibility index (Phi) is 8.34. The molecule has 0 heterocycles. The predicted octanol–water partition coefficient (Wildman–Crippen LogP) is 6.32. The molecule has 0 saturated carbocycles. The van der Waals surface area contributed by atoms with Gasteiger partial charge in [0.2, 0.25) is 0 Å². The number of rotatable bonds is 11. The molecule has 0 saturated heterocycles. The van der Waals surface area contributed by atoms with Gasteiger partial charge in [-0.2, -0.15) is 0 Å². The molecule has 4 nitrogen and oxygen atoms in total. The number of nitrogens with one attached hydrogen (secondary N) is 1. The predicted molar refractivity (Wildman–Crippen MR) is 135 cm³/mol. The number of amides is 1. The summed E-state index contributed by atoms with van der Waals surface area (Å²) >= 11 is 0. The second-order valence-electron chi connectivity index (χ2n) is 7.89. The van der Waals surface area contributed by atoms with Gasteiger partial charge in [-0.25, -0.2) is 0 Å². The topological polar surface area (TPSA) is 47.6 Å². The lowest BCUT2D eigenvalue weighted by Crippen LogP contribution is -2.22. The molecule has 0 unspecified atom stereocenters. The van der Waals surface area contributed by atoms with Gasteiger partial charge in [-0.15, -0.1) is 0 Å². The van der Waals surface area contributed by atoms with Crippen molar-refractivity contribution in [2.75, 3.05) is 13.2 Å². The molecule has 171 valence electrons. The van der Waals surface area contributed by atoms with E-state index in [0.29, 0.717) is 31.1 Å². The fraction of sp³-hybridized carbons (Fsp3) is 0.167. The summed E-state index contributed by atoms with van der Waals surface area (Å²) in [5.41, 5.74) is 3.85. The van der Waals surface area contributed by atoms with Gasteiger partial charge in [0.1, 0.15) is 11.5 Å². The molecule has 1 N–H and O–H groups in total.